The second-order valence-electron chi connectivity index (χ2n) is 3.42. The number of nitrogens with zero attached hydrogens (tertiary/aromatic N) is 3. The van der Waals surface area contributed by atoms with E-state index in [1.54, 1.807) is 23.1 Å². The van der Waals surface area contributed by atoms with Crippen LogP contribution in [0.25, 0.3) is 0 Å². The molecule has 0 amide bonds. The van der Waals surface area contributed by atoms with Crippen LogP contribution in [0.4, 0.5) is 0 Å². The second-order valence-corrected chi connectivity index (χ2v) is 6.17. The molecule has 0 bridgehead atoms. The molecule has 0 aliphatic heterocycles. The number of aryl methyl sites for hydroxylation is 1. The zero-order chi connectivity index (χ0) is 12.3. The van der Waals surface area contributed by atoms with Gasteiger partial charge in [0, 0.05) is 17.2 Å². The van der Waals surface area contributed by atoms with Crippen molar-refractivity contribution in [1.29, 1.82) is 0 Å². The third kappa shape index (κ3) is 3.12. The highest BCUT2D eigenvalue weighted by Gasteiger charge is 2.08. The molecule has 2 aromatic rings. The van der Waals surface area contributed by atoms with E-state index in [-0.39, 0.29) is 0 Å². The molecule has 0 radical (unpaired) electrons. The average Bonchev–Trinajstić information content (AvgIpc) is 2.86. The van der Waals surface area contributed by atoms with Crippen LogP contribution in [0.3, 0.4) is 0 Å². The minimum Gasteiger partial charge on any atom is -0.302 e. The summed E-state index contributed by atoms with van der Waals surface area (Å²) in [5.41, 5.74) is 0. The zero-order valence-corrected chi connectivity index (χ0v) is 11.8. The smallest absolute Gasteiger partial charge is 0.191 e. The molecule has 6 heteroatoms. The van der Waals surface area contributed by atoms with Crippen molar-refractivity contribution in [3.05, 3.63) is 39.8 Å². The van der Waals surface area contributed by atoms with Crippen LogP contribution in [-0.4, -0.2) is 14.8 Å². The van der Waals surface area contributed by atoms with Gasteiger partial charge in [0.05, 0.1) is 4.34 Å². The Morgan fingerprint density at radius 1 is 1.53 bits per heavy atom. The van der Waals surface area contributed by atoms with Crippen molar-refractivity contribution < 1.29 is 0 Å². The van der Waals surface area contributed by atoms with Gasteiger partial charge in [-0.3, -0.25) is 0 Å². The van der Waals surface area contributed by atoms with E-state index in [0.717, 1.165) is 27.6 Å². The number of allylic oxidation sites excluding steroid dienone is 1. The minimum absolute atomic E-state index is 0.742. The molecule has 2 heterocycles. The first kappa shape index (κ1) is 12.7. The third-order valence-electron chi connectivity index (χ3n) is 2.19. The van der Waals surface area contributed by atoms with Gasteiger partial charge in [0.1, 0.15) is 5.82 Å². The number of thioether (sulfide) groups is 1. The lowest BCUT2D eigenvalue weighted by Crippen LogP contribution is -1.99. The maximum atomic E-state index is 5.89. The summed E-state index contributed by atoms with van der Waals surface area (Å²) in [7, 11) is 0. The van der Waals surface area contributed by atoms with Gasteiger partial charge in [-0.15, -0.1) is 28.1 Å². The van der Waals surface area contributed by atoms with Crippen LogP contribution in [-0.2, 0) is 12.3 Å². The Morgan fingerprint density at radius 2 is 2.35 bits per heavy atom. The van der Waals surface area contributed by atoms with Gasteiger partial charge in [-0.25, -0.2) is 0 Å². The van der Waals surface area contributed by atoms with E-state index < -0.39 is 0 Å². The van der Waals surface area contributed by atoms with Gasteiger partial charge in [-0.05, 0) is 19.1 Å². The molecule has 0 unspecified atom stereocenters. The molecular weight excluding hydrogens is 274 g/mol. The Morgan fingerprint density at radius 3 is 3.00 bits per heavy atom. The molecule has 0 saturated heterocycles. The number of thiophene rings is 1. The van der Waals surface area contributed by atoms with Gasteiger partial charge in [0.2, 0.25) is 0 Å². The lowest BCUT2D eigenvalue weighted by Gasteiger charge is -2.03. The predicted octanol–water partition coefficient (Wildman–Crippen LogP) is 3.78. The van der Waals surface area contributed by atoms with Crippen molar-refractivity contribution in [2.24, 2.45) is 0 Å². The molecule has 0 aliphatic rings. The number of aromatic nitrogens is 3. The fraction of sp³-hybridized carbons (Fsp3) is 0.273. The van der Waals surface area contributed by atoms with Crippen molar-refractivity contribution in [2.75, 3.05) is 0 Å². The predicted molar refractivity (Wildman–Crippen MR) is 73.8 cm³/mol. The Hall–Kier alpha value is -0.780. The SMILES string of the molecule is C=CCn1c(C)nnc1SCc1ccc(Cl)s1. The normalized spacial score (nSPS) is 10.7. The topological polar surface area (TPSA) is 30.7 Å². The Labute approximate surface area is 114 Å². The second kappa shape index (κ2) is 5.71. The summed E-state index contributed by atoms with van der Waals surface area (Å²) in [5, 5.41) is 9.15. The zero-order valence-electron chi connectivity index (χ0n) is 9.39. The molecule has 0 atom stereocenters. The van der Waals surface area contributed by atoms with Crippen LogP contribution in [0.2, 0.25) is 4.34 Å². The van der Waals surface area contributed by atoms with Crippen LogP contribution < -0.4 is 0 Å². The first-order valence-corrected chi connectivity index (χ1v) is 7.26. The summed E-state index contributed by atoms with van der Waals surface area (Å²) >= 11 is 9.16. The van der Waals surface area contributed by atoms with Gasteiger partial charge in [-0.1, -0.05) is 29.4 Å². The Kier molecular flexibility index (Phi) is 4.25. The van der Waals surface area contributed by atoms with E-state index in [4.69, 9.17) is 11.6 Å². The van der Waals surface area contributed by atoms with Gasteiger partial charge >= 0.3 is 0 Å². The van der Waals surface area contributed by atoms with Crippen LogP contribution in [0, 0.1) is 6.92 Å². The molecule has 0 aliphatic carbocycles. The van der Waals surface area contributed by atoms with Crippen molar-refractivity contribution in [2.45, 2.75) is 24.4 Å². The fourth-order valence-electron chi connectivity index (χ4n) is 1.37. The van der Waals surface area contributed by atoms with Gasteiger partial charge in [0.15, 0.2) is 5.16 Å². The average molecular weight is 286 g/mol. The Balaban J connectivity index is 2.06. The summed E-state index contributed by atoms with van der Waals surface area (Å²) in [6, 6.07) is 3.96. The van der Waals surface area contributed by atoms with Gasteiger partial charge < -0.3 is 4.57 Å². The third-order valence-corrected chi connectivity index (χ3v) is 4.62. The van der Waals surface area contributed by atoms with E-state index in [1.165, 1.54) is 4.88 Å². The Bertz CT molecular complexity index is 519. The lowest BCUT2D eigenvalue weighted by molar-refractivity contribution is 0.703. The molecule has 0 spiro atoms. The van der Waals surface area contributed by atoms with Crippen LogP contribution >= 0.6 is 34.7 Å². The number of hydrogen-bond acceptors (Lipinski definition) is 4. The molecule has 0 saturated carbocycles. The summed E-state index contributed by atoms with van der Waals surface area (Å²) in [6.45, 7) is 6.43. The maximum absolute atomic E-state index is 5.89. The molecule has 3 nitrogen and oxygen atoms in total. The van der Waals surface area contributed by atoms with E-state index in [9.17, 15) is 0 Å². The van der Waals surface area contributed by atoms with Gasteiger partial charge in [-0.2, -0.15) is 0 Å². The first-order chi connectivity index (χ1) is 8.20. The van der Waals surface area contributed by atoms with Gasteiger partial charge in [0.25, 0.3) is 0 Å². The lowest BCUT2D eigenvalue weighted by atomic mass is 10.5. The van der Waals surface area contributed by atoms with Crippen LogP contribution in [0.5, 0.6) is 0 Å². The molecule has 0 fully saturated rings. The van der Waals surface area contributed by atoms with E-state index in [1.807, 2.05) is 29.7 Å². The van der Waals surface area contributed by atoms with Crippen LogP contribution in [0.15, 0.2) is 29.9 Å². The molecule has 2 aromatic heterocycles. The largest absolute Gasteiger partial charge is 0.302 e. The molecule has 0 N–H and O–H groups in total. The molecule has 0 aromatic carbocycles. The first-order valence-electron chi connectivity index (χ1n) is 5.08. The fourth-order valence-corrected chi connectivity index (χ4v) is 3.50. The standard InChI is InChI=1S/C11H12ClN3S2/c1-3-6-15-8(2)13-14-11(15)16-7-9-4-5-10(12)17-9/h3-5H,1,6-7H2,2H3. The summed E-state index contributed by atoms with van der Waals surface area (Å²) in [6.07, 6.45) is 1.85. The minimum atomic E-state index is 0.742. The number of rotatable bonds is 5. The highest BCUT2D eigenvalue weighted by Crippen LogP contribution is 2.28. The monoisotopic (exact) mass is 285 g/mol. The van der Waals surface area contributed by atoms with Crippen molar-refractivity contribution >= 4 is 34.7 Å². The van der Waals surface area contributed by atoms with Crippen molar-refractivity contribution in [3.63, 3.8) is 0 Å². The summed E-state index contributed by atoms with van der Waals surface area (Å²) in [5.74, 6) is 1.78. The summed E-state index contributed by atoms with van der Waals surface area (Å²) in [4.78, 5) is 1.24. The quantitative estimate of drug-likeness (QED) is 0.619. The highest BCUT2D eigenvalue weighted by atomic mass is 35.5. The molecular formula is C11H12ClN3S2. The van der Waals surface area contributed by atoms with E-state index in [2.05, 4.69) is 16.8 Å². The number of hydrogen-bond donors (Lipinski definition) is 0. The van der Waals surface area contributed by atoms with E-state index >= 15 is 0 Å². The van der Waals surface area contributed by atoms with Crippen LogP contribution in [0.1, 0.15) is 10.7 Å². The van der Waals surface area contributed by atoms with E-state index in [0.29, 0.717) is 0 Å². The molecule has 17 heavy (non-hydrogen) atoms. The van der Waals surface area contributed by atoms with Crippen molar-refractivity contribution in [1.82, 2.24) is 14.8 Å². The van der Waals surface area contributed by atoms with Crippen molar-refractivity contribution in [3.8, 4) is 0 Å². The molecule has 2 rings (SSSR count). The molecule has 90 valence electrons. The maximum Gasteiger partial charge on any atom is 0.191 e. The summed E-state index contributed by atoms with van der Waals surface area (Å²) < 4.78 is 2.87. The number of halogens is 1. The highest BCUT2D eigenvalue weighted by molar-refractivity contribution is 7.98.